The molecule has 30 heavy (non-hydrogen) atoms. The van der Waals surface area contributed by atoms with Gasteiger partial charge in [0.2, 0.25) is 0 Å². The largest absolute Gasteiger partial charge is 0.497 e. The highest BCUT2D eigenvalue weighted by Gasteiger charge is 2.40. The summed E-state index contributed by atoms with van der Waals surface area (Å²) in [5.74, 6) is -1.35. The minimum Gasteiger partial charge on any atom is -0.497 e. The Bertz CT molecular complexity index is 1030. The van der Waals surface area contributed by atoms with Crippen molar-refractivity contribution in [2.24, 2.45) is 0 Å². The van der Waals surface area contributed by atoms with Gasteiger partial charge in [0.05, 0.1) is 12.0 Å². The molecule has 8 nitrogen and oxygen atoms in total. The maximum Gasteiger partial charge on any atom is 0.326 e. The van der Waals surface area contributed by atoms with Crippen LogP contribution < -0.4 is 4.74 Å². The van der Waals surface area contributed by atoms with E-state index >= 15 is 0 Å². The number of benzene rings is 1. The van der Waals surface area contributed by atoms with Crippen molar-refractivity contribution in [1.29, 1.82) is 0 Å². The molecule has 1 aromatic heterocycles. The normalized spacial score (nSPS) is 16.2. The van der Waals surface area contributed by atoms with Gasteiger partial charge in [0.1, 0.15) is 27.6 Å². The molecule has 0 radical (unpaired) electrons. The highest BCUT2D eigenvalue weighted by atomic mass is 32.2. The van der Waals surface area contributed by atoms with Gasteiger partial charge in [0.15, 0.2) is 0 Å². The number of furan rings is 1. The van der Waals surface area contributed by atoms with Crippen molar-refractivity contribution in [3.63, 3.8) is 0 Å². The standard InChI is InChI=1S/C20H17NO7S2/c1-27-12-4-2-11(3-5-12)15-8-6-13(28-15)10-16-18(24)21(20(29)30-16)14(19(25)26)7-9-17(22)23/h2-6,8,10,14H,7,9H2,1H3,(H,22,23)(H,25,26)/b16-10+. The van der Waals surface area contributed by atoms with E-state index in [-0.39, 0.29) is 15.6 Å². The summed E-state index contributed by atoms with van der Waals surface area (Å²) in [6, 6.07) is 9.36. The second-order valence-electron chi connectivity index (χ2n) is 6.27. The fourth-order valence-electron chi connectivity index (χ4n) is 2.84. The van der Waals surface area contributed by atoms with Gasteiger partial charge in [-0.2, -0.15) is 0 Å². The van der Waals surface area contributed by atoms with Crippen LogP contribution in [-0.2, 0) is 14.4 Å². The number of carboxylic acids is 2. The number of thiocarbonyl (C=S) groups is 1. The first-order chi connectivity index (χ1) is 14.3. The number of hydrogen-bond acceptors (Lipinski definition) is 7. The zero-order valence-electron chi connectivity index (χ0n) is 15.7. The molecule has 0 bridgehead atoms. The van der Waals surface area contributed by atoms with Crippen LogP contribution in [0.1, 0.15) is 18.6 Å². The van der Waals surface area contributed by atoms with E-state index in [0.717, 1.165) is 22.2 Å². The van der Waals surface area contributed by atoms with E-state index in [1.807, 2.05) is 12.1 Å². The molecular weight excluding hydrogens is 430 g/mol. The van der Waals surface area contributed by atoms with Gasteiger partial charge < -0.3 is 19.4 Å². The van der Waals surface area contributed by atoms with Crippen LogP contribution in [0.15, 0.2) is 45.7 Å². The number of carboxylic acid groups (broad SMARTS) is 2. The molecule has 2 aromatic rings. The Morgan fingerprint density at radius 1 is 1.23 bits per heavy atom. The van der Waals surface area contributed by atoms with Crippen molar-refractivity contribution in [3.8, 4) is 17.1 Å². The summed E-state index contributed by atoms with van der Waals surface area (Å²) < 4.78 is 11.0. The number of carbonyl (C=O) groups excluding carboxylic acids is 1. The van der Waals surface area contributed by atoms with Crippen LogP contribution >= 0.6 is 24.0 Å². The molecule has 0 spiro atoms. The molecule has 1 atom stereocenters. The third-order valence-electron chi connectivity index (χ3n) is 4.33. The molecule has 1 aromatic carbocycles. The second kappa shape index (κ2) is 9.14. The van der Waals surface area contributed by atoms with Crippen LogP contribution in [0, 0.1) is 0 Å². The van der Waals surface area contributed by atoms with E-state index in [1.165, 1.54) is 6.08 Å². The Labute approximate surface area is 181 Å². The lowest BCUT2D eigenvalue weighted by Gasteiger charge is -2.22. The molecule has 156 valence electrons. The van der Waals surface area contributed by atoms with Crippen molar-refractivity contribution in [2.45, 2.75) is 18.9 Å². The van der Waals surface area contributed by atoms with Gasteiger partial charge in [-0.3, -0.25) is 14.5 Å². The predicted molar refractivity (Wildman–Crippen MR) is 114 cm³/mol. The summed E-state index contributed by atoms with van der Waals surface area (Å²) in [4.78, 5) is 36.3. The lowest BCUT2D eigenvalue weighted by atomic mass is 10.1. The number of carbonyl (C=O) groups is 3. The van der Waals surface area contributed by atoms with Crippen molar-refractivity contribution in [3.05, 3.63) is 47.1 Å². The fraction of sp³-hybridized carbons (Fsp3) is 0.200. The van der Waals surface area contributed by atoms with Crippen LogP contribution in [0.5, 0.6) is 5.75 Å². The van der Waals surface area contributed by atoms with E-state index in [1.54, 1.807) is 31.4 Å². The maximum atomic E-state index is 12.7. The van der Waals surface area contributed by atoms with Gasteiger partial charge in [-0.25, -0.2) is 4.79 Å². The molecule has 2 heterocycles. The van der Waals surface area contributed by atoms with Gasteiger partial charge in [0, 0.05) is 18.1 Å². The highest BCUT2D eigenvalue weighted by Crippen LogP contribution is 2.35. The first-order valence-electron chi connectivity index (χ1n) is 8.76. The minimum absolute atomic E-state index is 0.0611. The average Bonchev–Trinajstić information content (AvgIpc) is 3.28. The average molecular weight is 447 g/mol. The van der Waals surface area contributed by atoms with Crippen molar-refractivity contribution in [1.82, 2.24) is 4.90 Å². The van der Waals surface area contributed by atoms with Crippen LogP contribution in [0.3, 0.4) is 0 Å². The zero-order chi connectivity index (χ0) is 21.8. The molecule has 1 unspecified atom stereocenters. The number of amides is 1. The molecule has 3 rings (SSSR count). The summed E-state index contributed by atoms with van der Waals surface area (Å²) in [5.41, 5.74) is 0.822. The summed E-state index contributed by atoms with van der Waals surface area (Å²) in [6.07, 6.45) is 0.853. The van der Waals surface area contributed by atoms with Crippen molar-refractivity contribution >= 4 is 52.2 Å². The maximum absolute atomic E-state index is 12.7. The summed E-state index contributed by atoms with van der Waals surface area (Å²) in [5, 5.41) is 18.2. The molecular formula is C20H17NO7S2. The first-order valence-corrected chi connectivity index (χ1v) is 9.98. The smallest absolute Gasteiger partial charge is 0.326 e. The second-order valence-corrected chi connectivity index (χ2v) is 7.94. The predicted octanol–water partition coefficient (Wildman–Crippen LogP) is 3.47. The highest BCUT2D eigenvalue weighted by molar-refractivity contribution is 8.26. The molecule has 1 saturated heterocycles. The van der Waals surface area contributed by atoms with Gasteiger partial charge in [0.25, 0.3) is 5.91 Å². The quantitative estimate of drug-likeness (QED) is 0.463. The Kier molecular flexibility index (Phi) is 6.58. The van der Waals surface area contributed by atoms with Gasteiger partial charge in [-0.15, -0.1) is 0 Å². The number of nitrogens with zero attached hydrogens (tertiary/aromatic N) is 1. The van der Waals surface area contributed by atoms with Gasteiger partial charge >= 0.3 is 11.9 Å². The number of hydrogen-bond donors (Lipinski definition) is 2. The number of rotatable bonds is 8. The van der Waals surface area contributed by atoms with E-state index < -0.39 is 30.3 Å². The summed E-state index contributed by atoms with van der Waals surface area (Å²) in [6.45, 7) is 0. The summed E-state index contributed by atoms with van der Waals surface area (Å²) >= 11 is 6.11. The first kappa shape index (κ1) is 21.6. The van der Waals surface area contributed by atoms with E-state index in [9.17, 15) is 19.5 Å². The third kappa shape index (κ3) is 4.71. The van der Waals surface area contributed by atoms with Gasteiger partial charge in [-0.05, 0) is 42.8 Å². The van der Waals surface area contributed by atoms with Crippen molar-refractivity contribution in [2.75, 3.05) is 7.11 Å². The number of aliphatic carboxylic acids is 2. The van der Waals surface area contributed by atoms with Crippen molar-refractivity contribution < 1.29 is 33.8 Å². The van der Waals surface area contributed by atoms with Crippen LogP contribution in [0.2, 0.25) is 0 Å². The van der Waals surface area contributed by atoms with E-state index in [2.05, 4.69) is 0 Å². The van der Waals surface area contributed by atoms with Crippen LogP contribution in [0.4, 0.5) is 0 Å². The van der Waals surface area contributed by atoms with Crippen LogP contribution in [0.25, 0.3) is 17.4 Å². The minimum atomic E-state index is -1.34. The Balaban J connectivity index is 1.80. The van der Waals surface area contributed by atoms with E-state index in [4.69, 9.17) is 26.5 Å². The molecule has 1 amide bonds. The lowest BCUT2D eigenvalue weighted by molar-refractivity contribution is -0.146. The third-order valence-corrected chi connectivity index (χ3v) is 5.66. The van der Waals surface area contributed by atoms with E-state index in [0.29, 0.717) is 17.3 Å². The lowest BCUT2D eigenvalue weighted by Crippen LogP contribution is -2.44. The Morgan fingerprint density at radius 2 is 1.93 bits per heavy atom. The number of methoxy groups -OCH3 is 1. The Hall–Kier alpha value is -3.11. The Morgan fingerprint density at radius 3 is 2.53 bits per heavy atom. The molecule has 2 N–H and O–H groups in total. The topological polar surface area (TPSA) is 117 Å². The number of thioether (sulfide) groups is 1. The number of ether oxygens (including phenoxy) is 1. The zero-order valence-corrected chi connectivity index (χ0v) is 17.4. The molecule has 0 aliphatic carbocycles. The molecule has 1 fully saturated rings. The monoisotopic (exact) mass is 447 g/mol. The fourth-order valence-corrected chi connectivity index (χ4v) is 4.18. The molecule has 1 aliphatic heterocycles. The van der Waals surface area contributed by atoms with Gasteiger partial charge in [-0.1, -0.05) is 24.0 Å². The molecule has 0 saturated carbocycles. The molecule has 10 heteroatoms. The molecule has 1 aliphatic rings. The SMILES string of the molecule is COc1ccc(-c2ccc(/C=C3/SC(=S)N(C(CCC(=O)O)C(=O)O)C3=O)o2)cc1. The van der Waals surface area contributed by atoms with Crippen LogP contribution in [-0.4, -0.2) is 50.4 Å². The summed E-state index contributed by atoms with van der Waals surface area (Å²) in [7, 11) is 1.58.